The third-order valence-corrected chi connectivity index (χ3v) is 4.84. The number of nitrogens with zero attached hydrogens (tertiary/aromatic N) is 5. The maximum absolute atomic E-state index is 12.9. The Morgan fingerprint density at radius 3 is 2.40 bits per heavy atom. The summed E-state index contributed by atoms with van der Waals surface area (Å²) in [6.07, 6.45) is -4.51. The number of amides is 1. The van der Waals surface area contributed by atoms with Crippen molar-refractivity contribution in [2.24, 2.45) is 0 Å². The number of piperazine rings is 1. The van der Waals surface area contributed by atoms with E-state index in [9.17, 15) is 18.0 Å². The van der Waals surface area contributed by atoms with Crippen molar-refractivity contribution in [3.8, 4) is 0 Å². The topological polar surface area (TPSA) is 62.2 Å². The van der Waals surface area contributed by atoms with Crippen LogP contribution < -0.4 is 4.90 Å². The molecule has 0 atom stereocenters. The highest BCUT2D eigenvalue weighted by Gasteiger charge is 2.34. The highest BCUT2D eigenvalue weighted by molar-refractivity contribution is 7.11. The first-order valence-corrected chi connectivity index (χ1v) is 8.51. The molecule has 3 heterocycles. The van der Waals surface area contributed by atoms with Crippen LogP contribution in [0.4, 0.5) is 19.1 Å². The Morgan fingerprint density at radius 2 is 1.84 bits per heavy atom. The van der Waals surface area contributed by atoms with Gasteiger partial charge in [0.25, 0.3) is 5.91 Å². The summed E-state index contributed by atoms with van der Waals surface area (Å²) in [5.41, 5.74) is 1.62. The SMILES string of the molecule is Cc1cc(C(F)(F)F)nc(N2CCN(C(=O)c3scnc3C)CC2)n1. The van der Waals surface area contributed by atoms with E-state index < -0.39 is 11.9 Å². The van der Waals surface area contributed by atoms with Crippen molar-refractivity contribution in [1.82, 2.24) is 19.9 Å². The quantitative estimate of drug-likeness (QED) is 0.812. The van der Waals surface area contributed by atoms with Crippen LogP contribution in [0.1, 0.15) is 26.8 Å². The molecule has 0 aromatic carbocycles. The number of carbonyl (C=O) groups excluding carboxylic acids is 1. The maximum atomic E-state index is 12.9. The van der Waals surface area contributed by atoms with Crippen LogP contribution in [-0.2, 0) is 6.18 Å². The molecule has 134 valence electrons. The fourth-order valence-electron chi connectivity index (χ4n) is 2.60. The highest BCUT2D eigenvalue weighted by atomic mass is 32.1. The molecule has 0 N–H and O–H groups in total. The van der Waals surface area contributed by atoms with Gasteiger partial charge in [-0.3, -0.25) is 4.79 Å². The van der Waals surface area contributed by atoms with E-state index in [1.807, 2.05) is 0 Å². The van der Waals surface area contributed by atoms with E-state index in [0.29, 0.717) is 36.8 Å². The number of hydrogen-bond acceptors (Lipinski definition) is 6. The molecular weight excluding hydrogens is 355 g/mol. The van der Waals surface area contributed by atoms with Crippen LogP contribution in [0.2, 0.25) is 0 Å². The van der Waals surface area contributed by atoms with E-state index in [1.165, 1.54) is 18.3 Å². The molecule has 1 aliphatic rings. The molecule has 0 aliphatic carbocycles. The Hall–Kier alpha value is -2.23. The second-order valence-corrected chi connectivity index (χ2v) is 6.59. The number of hydrogen-bond donors (Lipinski definition) is 0. The van der Waals surface area contributed by atoms with Crippen LogP contribution in [0.25, 0.3) is 0 Å². The first kappa shape index (κ1) is 17.6. The lowest BCUT2D eigenvalue weighted by Gasteiger charge is -2.34. The van der Waals surface area contributed by atoms with Crippen LogP contribution in [0, 0.1) is 13.8 Å². The molecule has 2 aromatic heterocycles. The van der Waals surface area contributed by atoms with Gasteiger partial charge in [-0.15, -0.1) is 11.3 Å². The van der Waals surface area contributed by atoms with E-state index in [4.69, 9.17) is 0 Å². The molecule has 25 heavy (non-hydrogen) atoms. The molecule has 3 rings (SSSR count). The average molecular weight is 371 g/mol. The summed E-state index contributed by atoms with van der Waals surface area (Å²) in [5.74, 6) is -0.0471. The molecule has 2 aromatic rings. The molecule has 1 fully saturated rings. The third kappa shape index (κ3) is 3.73. The minimum absolute atomic E-state index is 0.0494. The number of carbonyl (C=O) groups is 1. The largest absolute Gasteiger partial charge is 0.433 e. The van der Waals surface area contributed by atoms with Crippen LogP contribution in [0.5, 0.6) is 0 Å². The number of halogens is 3. The Kier molecular flexibility index (Phi) is 4.63. The van der Waals surface area contributed by atoms with Crippen molar-refractivity contribution in [2.45, 2.75) is 20.0 Å². The van der Waals surface area contributed by atoms with E-state index in [0.717, 1.165) is 6.07 Å². The molecule has 0 saturated carbocycles. The van der Waals surface area contributed by atoms with Crippen LogP contribution >= 0.6 is 11.3 Å². The molecule has 1 amide bonds. The Bertz CT molecular complexity index is 784. The fourth-order valence-corrected chi connectivity index (χ4v) is 3.37. The van der Waals surface area contributed by atoms with E-state index in [-0.39, 0.29) is 17.5 Å². The van der Waals surface area contributed by atoms with Crippen molar-refractivity contribution in [2.75, 3.05) is 31.1 Å². The predicted octanol–water partition coefficient (Wildman–Crippen LogP) is 2.53. The highest BCUT2D eigenvalue weighted by Crippen LogP contribution is 2.29. The van der Waals surface area contributed by atoms with E-state index in [1.54, 1.807) is 22.2 Å². The first-order valence-electron chi connectivity index (χ1n) is 7.63. The number of anilines is 1. The summed E-state index contributed by atoms with van der Waals surface area (Å²) in [6, 6.07) is 0.926. The summed E-state index contributed by atoms with van der Waals surface area (Å²) < 4.78 is 38.7. The van der Waals surface area contributed by atoms with E-state index in [2.05, 4.69) is 15.0 Å². The molecule has 0 spiro atoms. The fraction of sp³-hybridized carbons (Fsp3) is 0.467. The second kappa shape index (κ2) is 6.58. The van der Waals surface area contributed by atoms with E-state index >= 15 is 0 Å². The van der Waals surface area contributed by atoms with Gasteiger partial charge < -0.3 is 9.80 Å². The lowest BCUT2D eigenvalue weighted by atomic mass is 10.2. The number of rotatable bonds is 2. The summed E-state index contributed by atoms with van der Waals surface area (Å²) in [4.78, 5) is 28.2. The Balaban J connectivity index is 1.71. The summed E-state index contributed by atoms with van der Waals surface area (Å²) in [5, 5.41) is 0. The zero-order valence-corrected chi connectivity index (χ0v) is 14.5. The lowest BCUT2D eigenvalue weighted by Crippen LogP contribution is -2.49. The number of aryl methyl sites for hydroxylation is 2. The van der Waals surface area contributed by atoms with Crippen molar-refractivity contribution in [1.29, 1.82) is 0 Å². The van der Waals surface area contributed by atoms with Gasteiger partial charge in [0.05, 0.1) is 11.2 Å². The van der Waals surface area contributed by atoms with Crippen molar-refractivity contribution >= 4 is 23.2 Å². The molecule has 10 heteroatoms. The zero-order chi connectivity index (χ0) is 18.2. The van der Waals surface area contributed by atoms with Crippen molar-refractivity contribution < 1.29 is 18.0 Å². The summed E-state index contributed by atoms with van der Waals surface area (Å²) in [6.45, 7) is 4.84. The first-order chi connectivity index (χ1) is 11.8. The minimum atomic E-state index is -4.51. The van der Waals surface area contributed by atoms with Gasteiger partial charge >= 0.3 is 6.18 Å². The third-order valence-electron chi connectivity index (χ3n) is 3.92. The van der Waals surface area contributed by atoms with Gasteiger partial charge in [-0.2, -0.15) is 13.2 Å². The Morgan fingerprint density at radius 1 is 1.16 bits per heavy atom. The molecule has 1 saturated heterocycles. The summed E-state index contributed by atoms with van der Waals surface area (Å²) >= 11 is 1.29. The normalized spacial score (nSPS) is 15.6. The molecule has 6 nitrogen and oxygen atoms in total. The van der Waals surface area contributed by atoms with Gasteiger partial charge in [-0.25, -0.2) is 15.0 Å². The van der Waals surface area contributed by atoms with Crippen LogP contribution in [-0.4, -0.2) is 51.9 Å². The van der Waals surface area contributed by atoms with Crippen LogP contribution in [0.3, 0.4) is 0 Å². The summed E-state index contributed by atoms with van der Waals surface area (Å²) in [7, 11) is 0. The lowest BCUT2D eigenvalue weighted by molar-refractivity contribution is -0.141. The number of thiazole rings is 1. The molecule has 0 unspecified atom stereocenters. The van der Waals surface area contributed by atoms with Crippen molar-refractivity contribution in [3.05, 3.63) is 33.5 Å². The van der Waals surface area contributed by atoms with Crippen molar-refractivity contribution in [3.63, 3.8) is 0 Å². The monoisotopic (exact) mass is 371 g/mol. The Labute approximate surface area is 146 Å². The van der Waals surface area contributed by atoms with Crippen LogP contribution in [0.15, 0.2) is 11.6 Å². The number of aromatic nitrogens is 3. The predicted molar refractivity (Wildman–Crippen MR) is 86.7 cm³/mol. The molecule has 0 bridgehead atoms. The maximum Gasteiger partial charge on any atom is 0.433 e. The molecule has 0 radical (unpaired) electrons. The van der Waals surface area contributed by atoms with Gasteiger partial charge in [-0.05, 0) is 19.9 Å². The minimum Gasteiger partial charge on any atom is -0.337 e. The number of alkyl halides is 3. The zero-order valence-electron chi connectivity index (χ0n) is 13.7. The van der Waals surface area contributed by atoms with Gasteiger partial charge in [0.15, 0.2) is 0 Å². The molecule has 1 aliphatic heterocycles. The van der Waals surface area contributed by atoms with Gasteiger partial charge in [0.2, 0.25) is 5.95 Å². The smallest absolute Gasteiger partial charge is 0.337 e. The van der Waals surface area contributed by atoms with Gasteiger partial charge in [0, 0.05) is 31.9 Å². The standard InChI is InChI=1S/C15H16F3N5OS/c1-9-7-11(15(16,17)18)21-14(20-9)23-5-3-22(4-6-23)13(24)12-10(2)19-8-25-12/h7-8H,3-6H2,1-2H3. The van der Waals surface area contributed by atoms with Gasteiger partial charge in [-0.1, -0.05) is 0 Å². The van der Waals surface area contributed by atoms with Gasteiger partial charge in [0.1, 0.15) is 10.6 Å². The second-order valence-electron chi connectivity index (χ2n) is 5.74. The average Bonchev–Trinajstić information content (AvgIpc) is 2.99. The molecular formula is C15H16F3N5OS.